The predicted molar refractivity (Wildman–Crippen MR) is 67.9 cm³/mol. The fourth-order valence-electron chi connectivity index (χ4n) is 1.42. The van der Waals surface area contributed by atoms with Crippen molar-refractivity contribution in [2.45, 2.75) is 13.8 Å². The number of amides is 1. The summed E-state index contributed by atoms with van der Waals surface area (Å²) in [7, 11) is 3.09. The van der Waals surface area contributed by atoms with E-state index in [1.165, 1.54) is 5.06 Å². The van der Waals surface area contributed by atoms with Crippen molar-refractivity contribution >= 4 is 5.91 Å². The first-order chi connectivity index (χ1) is 8.74. The molecule has 5 heteroatoms. The van der Waals surface area contributed by atoms with Gasteiger partial charge in [-0.15, -0.1) is 0 Å². The van der Waals surface area contributed by atoms with Gasteiger partial charge in [0.2, 0.25) is 0 Å². The second-order valence-electron chi connectivity index (χ2n) is 3.34. The second-order valence-corrected chi connectivity index (χ2v) is 3.34. The highest BCUT2D eigenvalue weighted by atomic mass is 16.7. The van der Waals surface area contributed by atoms with Crippen molar-refractivity contribution in [3.8, 4) is 11.5 Å². The summed E-state index contributed by atoms with van der Waals surface area (Å²) in [4.78, 5) is 16.8. The summed E-state index contributed by atoms with van der Waals surface area (Å²) in [6.45, 7) is 5.21. The van der Waals surface area contributed by atoms with Crippen molar-refractivity contribution in [2.75, 3.05) is 27.4 Å². The second kappa shape index (κ2) is 6.86. The summed E-state index contributed by atoms with van der Waals surface area (Å²) < 4.78 is 10.2. The molecule has 0 bridgehead atoms. The number of hydroxylamine groups is 2. The van der Waals surface area contributed by atoms with E-state index in [0.29, 0.717) is 30.2 Å². The Kier molecular flexibility index (Phi) is 5.45. The number of rotatable bonds is 3. The van der Waals surface area contributed by atoms with Crippen LogP contribution in [0.15, 0.2) is 18.2 Å². The van der Waals surface area contributed by atoms with Gasteiger partial charge in [0.25, 0.3) is 5.91 Å². The molecule has 100 valence electrons. The van der Waals surface area contributed by atoms with E-state index in [2.05, 4.69) is 0 Å². The van der Waals surface area contributed by atoms with Crippen LogP contribution in [0, 0.1) is 0 Å². The number of hydrogen-bond donors (Lipinski definition) is 0. The maximum absolute atomic E-state index is 11.9. The predicted octanol–water partition coefficient (Wildman–Crippen LogP) is 2.12. The fourth-order valence-corrected chi connectivity index (χ4v) is 1.42. The number of methoxy groups -OCH3 is 2. The van der Waals surface area contributed by atoms with E-state index in [-0.39, 0.29) is 5.91 Å². The summed E-state index contributed by atoms with van der Waals surface area (Å²) >= 11 is 0. The van der Waals surface area contributed by atoms with Gasteiger partial charge in [-0.1, -0.05) is 13.8 Å². The van der Waals surface area contributed by atoms with Crippen molar-refractivity contribution in [3.05, 3.63) is 23.8 Å². The van der Waals surface area contributed by atoms with E-state index < -0.39 is 0 Å². The number of benzene rings is 1. The first-order valence-electron chi connectivity index (χ1n) is 5.92. The van der Waals surface area contributed by atoms with E-state index >= 15 is 0 Å². The molecular formula is C13H19NO4. The highest BCUT2D eigenvalue weighted by Crippen LogP contribution is 2.24. The van der Waals surface area contributed by atoms with E-state index in [4.69, 9.17) is 14.3 Å². The monoisotopic (exact) mass is 253 g/mol. The van der Waals surface area contributed by atoms with Gasteiger partial charge in [-0.2, -0.15) is 0 Å². The van der Waals surface area contributed by atoms with Gasteiger partial charge in [-0.3, -0.25) is 9.63 Å². The molecule has 1 saturated heterocycles. The van der Waals surface area contributed by atoms with Gasteiger partial charge in [0.1, 0.15) is 11.5 Å². The molecule has 1 fully saturated rings. The Hall–Kier alpha value is -1.75. The Balaban J connectivity index is 0.000000771. The Bertz CT molecular complexity index is 380. The van der Waals surface area contributed by atoms with E-state index in [1.807, 2.05) is 13.8 Å². The molecule has 18 heavy (non-hydrogen) atoms. The minimum Gasteiger partial charge on any atom is -0.497 e. The molecule has 1 aliphatic heterocycles. The lowest BCUT2D eigenvalue weighted by atomic mass is 10.2. The Morgan fingerprint density at radius 1 is 1.17 bits per heavy atom. The van der Waals surface area contributed by atoms with Gasteiger partial charge >= 0.3 is 0 Å². The first kappa shape index (κ1) is 14.3. The molecule has 1 amide bonds. The molecule has 0 N–H and O–H groups in total. The van der Waals surface area contributed by atoms with Crippen LogP contribution in [0.5, 0.6) is 11.5 Å². The average Bonchev–Trinajstić information content (AvgIpc) is 2.38. The molecule has 0 atom stereocenters. The summed E-state index contributed by atoms with van der Waals surface area (Å²) in [5, 5.41) is 1.31. The quantitative estimate of drug-likeness (QED) is 0.827. The molecule has 1 aromatic carbocycles. The van der Waals surface area contributed by atoms with E-state index in [9.17, 15) is 4.79 Å². The summed E-state index contributed by atoms with van der Waals surface area (Å²) in [5.74, 6) is 0.995. The van der Waals surface area contributed by atoms with E-state index in [0.717, 1.165) is 0 Å². The molecule has 0 saturated carbocycles. The lowest BCUT2D eigenvalue weighted by molar-refractivity contribution is -0.207. The Morgan fingerprint density at radius 3 is 2.00 bits per heavy atom. The fraction of sp³-hybridized carbons (Fsp3) is 0.462. The normalized spacial score (nSPS) is 13.0. The van der Waals surface area contributed by atoms with Gasteiger partial charge in [0.05, 0.1) is 27.4 Å². The highest BCUT2D eigenvalue weighted by molar-refractivity contribution is 5.94. The third kappa shape index (κ3) is 3.13. The van der Waals surface area contributed by atoms with Crippen LogP contribution in [0.3, 0.4) is 0 Å². The van der Waals surface area contributed by atoms with Crippen LogP contribution in [-0.2, 0) is 4.84 Å². The van der Waals surface area contributed by atoms with Crippen LogP contribution < -0.4 is 9.47 Å². The van der Waals surface area contributed by atoms with Crippen LogP contribution in [0.2, 0.25) is 0 Å². The lowest BCUT2D eigenvalue weighted by Gasteiger charge is -2.29. The average molecular weight is 253 g/mol. The number of carbonyl (C=O) groups excluding carboxylic acids is 1. The highest BCUT2D eigenvalue weighted by Gasteiger charge is 2.24. The molecule has 0 aromatic heterocycles. The third-order valence-corrected chi connectivity index (χ3v) is 2.37. The molecule has 0 radical (unpaired) electrons. The van der Waals surface area contributed by atoms with Crippen molar-refractivity contribution in [1.29, 1.82) is 0 Å². The minimum absolute atomic E-state index is 0.177. The molecule has 1 aliphatic rings. The zero-order chi connectivity index (χ0) is 13.5. The topological polar surface area (TPSA) is 48.0 Å². The molecule has 1 aromatic rings. The Morgan fingerprint density at radius 2 is 1.67 bits per heavy atom. The van der Waals surface area contributed by atoms with Gasteiger partial charge in [0, 0.05) is 11.6 Å². The summed E-state index contributed by atoms with van der Waals surface area (Å²) in [6.07, 6.45) is 0. The molecular weight excluding hydrogens is 234 g/mol. The molecule has 0 unspecified atom stereocenters. The standard InChI is InChI=1S/C11H13NO4.C2H6/c1-14-9-5-8(6-10(7-9)15-2)11(13)12-3-4-16-12;1-2/h5-7H,3-4H2,1-2H3;1-2H3. The number of nitrogens with zero attached hydrogens (tertiary/aromatic N) is 1. The molecule has 5 nitrogen and oxygen atoms in total. The van der Waals surface area contributed by atoms with Gasteiger partial charge in [0.15, 0.2) is 0 Å². The maximum atomic E-state index is 11.9. The van der Waals surface area contributed by atoms with Crippen molar-refractivity contribution in [1.82, 2.24) is 5.06 Å². The lowest BCUT2D eigenvalue weighted by Crippen LogP contribution is -2.43. The number of carbonyl (C=O) groups is 1. The van der Waals surface area contributed by atoms with Gasteiger partial charge in [-0.05, 0) is 12.1 Å². The maximum Gasteiger partial charge on any atom is 0.277 e. The van der Waals surface area contributed by atoms with Gasteiger partial charge < -0.3 is 9.47 Å². The molecule has 1 heterocycles. The van der Waals surface area contributed by atoms with Crippen LogP contribution in [0.4, 0.5) is 0 Å². The number of hydrogen-bond acceptors (Lipinski definition) is 4. The van der Waals surface area contributed by atoms with E-state index in [1.54, 1.807) is 32.4 Å². The van der Waals surface area contributed by atoms with Gasteiger partial charge in [-0.25, -0.2) is 5.06 Å². The first-order valence-corrected chi connectivity index (χ1v) is 5.92. The van der Waals surface area contributed by atoms with Crippen LogP contribution in [0.1, 0.15) is 24.2 Å². The van der Waals surface area contributed by atoms with Crippen LogP contribution in [0.25, 0.3) is 0 Å². The molecule has 0 spiro atoms. The SMILES string of the molecule is CC.COc1cc(OC)cc(C(=O)N2CCO2)c1. The largest absolute Gasteiger partial charge is 0.497 e. The van der Waals surface area contributed by atoms with Crippen molar-refractivity contribution in [2.24, 2.45) is 0 Å². The third-order valence-electron chi connectivity index (χ3n) is 2.37. The smallest absolute Gasteiger partial charge is 0.277 e. The minimum atomic E-state index is -0.177. The summed E-state index contributed by atoms with van der Waals surface area (Å²) in [5.41, 5.74) is 0.496. The zero-order valence-corrected chi connectivity index (χ0v) is 11.2. The Labute approximate surface area is 107 Å². The summed E-state index contributed by atoms with van der Waals surface area (Å²) in [6, 6.07) is 5.03. The van der Waals surface area contributed by atoms with Crippen LogP contribution >= 0.6 is 0 Å². The van der Waals surface area contributed by atoms with Crippen LogP contribution in [-0.4, -0.2) is 38.3 Å². The zero-order valence-electron chi connectivity index (χ0n) is 11.2. The van der Waals surface area contributed by atoms with Crippen molar-refractivity contribution < 1.29 is 19.1 Å². The van der Waals surface area contributed by atoms with Crippen molar-refractivity contribution in [3.63, 3.8) is 0 Å². The molecule has 0 aliphatic carbocycles. The number of ether oxygens (including phenoxy) is 2. The molecule has 2 rings (SSSR count).